The summed E-state index contributed by atoms with van der Waals surface area (Å²) in [6, 6.07) is 11.8. The molecular weight excluding hydrogens is 736 g/mol. The van der Waals surface area contributed by atoms with E-state index in [1.807, 2.05) is 0 Å². The van der Waals surface area contributed by atoms with Crippen molar-refractivity contribution in [3.63, 3.8) is 0 Å². The third kappa shape index (κ3) is 9.81. The number of carbonyl (C=O) groups excluding carboxylic acids is 6. The second kappa shape index (κ2) is 18.2. The number of rotatable bonds is 4. The number of hydrogen-bond donors (Lipinski definition) is 3. The molecule has 0 unspecified atom stereocenters. The van der Waals surface area contributed by atoms with Gasteiger partial charge in [0.1, 0.15) is 54.4 Å². The first-order valence-corrected chi connectivity index (χ1v) is 18.5. The summed E-state index contributed by atoms with van der Waals surface area (Å²) in [4.78, 5) is 87.5. The Balaban J connectivity index is 1.57. The van der Waals surface area contributed by atoms with Gasteiger partial charge < -0.3 is 50.0 Å². The number of cyclic esters (lactones) is 1. The van der Waals surface area contributed by atoms with Crippen molar-refractivity contribution >= 4 is 35.5 Å². The molecule has 0 aromatic heterocycles. The third-order valence-electron chi connectivity index (χ3n) is 10.3. The molecule has 57 heavy (non-hydrogen) atoms. The van der Waals surface area contributed by atoms with Crippen molar-refractivity contribution in [2.75, 3.05) is 42.0 Å². The minimum Gasteiger partial charge on any atom is -0.497 e. The van der Waals surface area contributed by atoms with Gasteiger partial charge >= 0.3 is 5.97 Å². The van der Waals surface area contributed by atoms with Crippen molar-refractivity contribution in [3.05, 3.63) is 83.4 Å². The topological polar surface area (TPSA) is 199 Å². The zero-order chi connectivity index (χ0) is 41.6. The second-order valence-corrected chi connectivity index (χ2v) is 14.3. The van der Waals surface area contributed by atoms with Gasteiger partial charge in [0.15, 0.2) is 11.5 Å². The first-order valence-electron chi connectivity index (χ1n) is 18.5. The Hall–Kier alpha value is -6.16. The average Bonchev–Trinajstić information content (AvgIpc) is 3.21. The molecule has 6 atom stereocenters. The van der Waals surface area contributed by atoms with Gasteiger partial charge in [-0.1, -0.05) is 30.3 Å². The van der Waals surface area contributed by atoms with Crippen LogP contribution in [-0.4, -0.2) is 128 Å². The van der Waals surface area contributed by atoms with Gasteiger partial charge in [0, 0.05) is 40.4 Å². The number of benzene rings is 3. The molecule has 6 bridgehead atoms. The minimum atomic E-state index is -1.37. The molecule has 0 radical (unpaired) electrons. The lowest BCUT2D eigenvalue weighted by atomic mass is 9.99. The monoisotopic (exact) mass is 786 g/mol. The van der Waals surface area contributed by atoms with E-state index in [1.165, 1.54) is 59.0 Å². The van der Waals surface area contributed by atoms with Crippen molar-refractivity contribution in [1.29, 1.82) is 0 Å². The Labute approximate surface area is 331 Å². The molecule has 3 aromatic rings. The van der Waals surface area contributed by atoms with Crippen LogP contribution < -0.4 is 30.6 Å². The molecule has 5 amide bonds. The maximum absolute atomic E-state index is 14.7. The molecule has 304 valence electrons. The van der Waals surface area contributed by atoms with E-state index in [0.29, 0.717) is 39.7 Å². The molecule has 3 aliphatic rings. The van der Waals surface area contributed by atoms with Crippen LogP contribution in [0.1, 0.15) is 30.5 Å². The molecule has 16 heteroatoms. The molecule has 4 N–H and O–H groups in total. The van der Waals surface area contributed by atoms with Crippen molar-refractivity contribution in [2.24, 2.45) is 5.73 Å². The van der Waals surface area contributed by atoms with E-state index in [9.17, 15) is 28.8 Å². The Morgan fingerprint density at radius 3 is 1.96 bits per heavy atom. The fraction of sp³-hybridized carbons (Fsp3) is 0.415. The molecule has 1 saturated heterocycles. The van der Waals surface area contributed by atoms with Crippen LogP contribution in [0.4, 0.5) is 0 Å². The summed E-state index contributed by atoms with van der Waals surface area (Å²) in [5.41, 5.74) is 8.17. The number of esters is 1. The Bertz CT molecular complexity index is 1970. The molecule has 16 nitrogen and oxygen atoms in total. The number of carbonyl (C=O) groups is 6. The number of nitrogens with one attached hydrogen (secondary N) is 2. The lowest BCUT2D eigenvalue weighted by molar-refractivity contribution is -0.151. The predicted molar refractivity (Wildman–Crippen MR) is 207 cm³/mol. The summed E-state index contributed by atoms with van der Waals surface area (Å²) in [6.07, 6.45) is 0.0479. The van der Waals surface area contributed by atoms with Crippen LogP contribution in [-0.2, 0) is 52.8 Å². The molecular formula is C41H50N6O10. The zero-order valence-electron chi connectivity index (χ0n) is 33.1. The number of fused-ring (bicyclic) bond motifs is 2. The van der Waals surface area contributed by atoms with Gasteiger partial charge in [0.05, 0.1) is 14.2 Å². The Kier molecular flexibility index (Phi) is 13.4. The summed E-state index contributed by atoms with van der Waals surface area (Å²) < 4.78 is 22.3. The summed E-state index contributed by atoms with van der Waals surface area (Å²) in [6.45, 7) is 2.33. The van der Waals surface area contributed by atoms with Crippen LogP contribution >= 0.6 is 0 Å². The zero-order valence-corrected chi connectivity index (χ0v) is 33.1. The number of hydrogen-bond acceptors (Lipinski definition) is 11. The van der Waals surface area contributed by atoms with Gasteiger partial charge in [0.2, 0.25) is 29.5 Å². The maximum atomic E-state index is 14.7. The number of amides is 5. The molecule has 0 aliphatic carbocycles. The van der Waals surface area contributed by atoms with Crippen LogP contribution in [0, 0.1) is 0 Å². The smallest absolute Gasteiger partial charge is 0.328 e. The minimum absolute atomic E-state index is 0.0219. The summed E-state index contributed by atoms with van der Waals surface area (Å²) in [5.74, 6) is -2.21. The van der Waals surface area contributed by atoms with Crippen LogP contribution in [0.25, 0.3) is 0 Å². The Morgan fingerprint density at radius 1 is 0.702 bits per heavy atom. The van der Waals surface area contributed by atoms with Gasteiger partial charge in [-0.15, -0.1) is 0 Å². The lowest BCUT2D eigenvalue weighted by Crippen LogP contribution is -2.60. The number of nitrogens with zero attached hydrogens (tertiary/aromatic N) is 3. The van der Waals surface area contributed by atoms with E-state index in [-0.39, 0.29) is 19.3 Å². The van der Waals surface area contributed by atoms with Crippen LogP contribution in [0.5, 0.6) is 23.0 Å². The van der Waals surface area contributed by atoms with Gasteiger partial charge in [-0.2, -0.15) is 0 Å². The van der Waals surface area contributed by atoms with Crippen LogP contribution in [0.15, 0.2) is 66.7 Å². The third-order valence-corrected chi connectivity index (χ3v) is 10.3. The normalized spacial score (nSPS) is 24.3. The number of ether oxygens (including phenoxy) is 4. The van der Waals surface area contributed by atoms with E-state index < -0.39 is 78.4 Å². The predicted octanol–water partition coefficient (Wildman–Crippen LogP) is 1.21. The van der Waals surface area contributed by atoms with E-state index >= 15 is 0 Å². The highest BCUT2D eigenvalue weighted by molar-refractivity contribution is 5.96. The molecule has 3 aliphatic heterocycles. The standard InChI is InChI=1S/C41H50N6O10/c1-23-38(50)47(5)33-19-26-10-15-29(16-11-26)57-35-21-27(12-17-34(35)55-7)20-32(46(4)40(33)52)37(49)44-24(2)41(53)56-22-30(42)39(51)45(3)31(36(48)43-23)18-25-8-13-28(54-6)14-9-25/h8-17,21,23-24,30-33H,18-20,22,42H2,1-7H3,(H,43,48)(H,44,49)/t23-,24+,30-,31-,32-,33-/m0/s1. The fourth-order valence-corrected chi connectivity index (χ4v) is 6.75. The van der Waals surface area contributed by atoms with Gasteiger partial charge in [-0.25, -0.2) is 4.79 Å². The number of nitrogens with two attached hydrogens (primary N) is 1. The van der Waals surface area contributed by atoms with Gasteiger partial charge in [-0.3, -0.25) is 24.0 Å². The van der Waals surface area contributed by atoms with Crippen molar-refractivity contribution in [2.45, 2.75) is 69.4 Å². The maximum Gasteiger partial charge on any atom is 0.328 e. The van der Waals surface area contributed by atoms with E-state index in [0.717, 1.165) is 4.90 Å². The molecule has 1 fully saturated rings. The molecule has 6 rings (SSSR count). The highest BCUT2D eigenvalue weighted by atomic mass is 16.5. The molecule has 0 saturated carbocycles. The van der Waals surface area contributed by atoms with Gasteiger partial charge in [0.25, 0.3) is 0 Å². The van der Waals surface area contributed by atoms with Crippen LogP contribution in [0.3, 0.4) is 0 Å². The first kappa shape index (κ1) is 42.0. The van der Waals surface area contributed by atoms with E-state index in [1.54, 1.807) is 66.7 Å². The van der Waals surface area contributed by atoms with Crippen molar-refractivity contribution in [3.8, 4) is 23.0 Å². The molecule has 0 spiro atoms. The highest BCUT2D eigenvalue weighted by Gasteiger charge is 2.39. The van der Waals surface area contributed by atoms with Crippen molar-refractivity contribution < 1.29 is 47.7 Å². The quantitative estimate of drug-likeness (QED) is 0.322. The number of methoxy groups -OCH3 is 2. The first-order chi connectivity index (χ1) is 27.1. The molecule has 3 heterocycles. The van der Waals surface area contributed by atoms with Crippen molar-refractivity contribution in [1.82, 2.24) is 25.3 Å². The number of likely N-dealkylation sites (N-methyl/N-ethyl adjacent to an activating group) is 3. The van der Waals surface area contributed by atoms with Gasteiger partial charge in [-0.05, 0) is 66.9 Å². The average molecular weight is 787 g/mol. The SMILES string of the molecule is COc1ccc(C[C@H]2C(=O)N[C@@H](C)C(=O)N(C)[C@H]3Cc4ccc(cc4)Oc4cc(ccc4OC)C[C@@H](C(=O)N[C@H](C)C(=O)OC[C@H](N)C(=O)N2C)N(C)C3=O)cc1. The highest BCUT2D eigenvalue weighted by Crippen LogP contribution is 2.34. The summed E-state index contributed by atoms with van der Waals surface area (Å²) in [5, 5.41) is 5.38. The fourth-order valence-electron chi connectivity index (χ4n) is 6.75. The summed E-state index contributed by atoms with van der Waals surface area (Å²) in [7, 11) is 7.33. The van der Waals surface area contributed by atoms with E-state index in [2.05, 4.69) is 10.6 Å². The Morgan fingerprint density at radius 2 is 1.32 bits per heavy atom. The second-order valence-electron chi connectivity index (χ2n) is 14.3. The van der Waals surface area contributed by atoms with E-state index in [4.69, 9.17) is 24.7 Å². The largest absolute Gasteiger partial charge is 0.497 e. The molecule has 3 aromatic carbocycles. The summed E-state index contributed by atoms with van der Waals surface area (Å²) >= 11 is 0. The van der Waals surface area contributed by atoms with Crippen LogP contribution in [0.2, 0.25) is 0 Å². The lowest BCUT2D eigenvalue weighted by Gasteiger charge is -2.36.